The Kier molecular flexibility index (Phi) is 6.27. The molecule has 19 heavy (non-hydrogen) atoms. The van der Waals surface area contributed by atoms with Crippen LogP contribution in [0.15, 0.2) is 24.3 Å². The average Bonchev–Trinajstić information content (AvgIpc) is 2.31. The average molecular weight is 305 g/mol. The van der Waals surface area contributed by atoms with Crippen molar-refractivity contribution < 1.29 is 13.2 Å². The number of hydrogen-bond donors (Lipinski definition) is 2. The summed E-state index contributed by atoms with van der Waals surface area (Å²) in [6.07, 6.45) is 0.555. The molecule has 0 aliphatic carbocycles. The monoisotopic (exact) mass is 304 g/mol. The zero-order valence-corrected chi connectivity index (χ0v) is 12.2. The number of hydrogen-bond acceptors (Lipinski definition) is 3. The number of halogens is 1. The Morgan fingerprint density at radius 1 is 1.21 bits per heavy atom. The van der Waals surface area contributed by atoms with Crippen molar-refractivity contribution in [2.24, 2.45) is 0 Å². The Morgan fingerprint density at radius 3 is 2.42 bits per heavy atom. The molecule has 0 aliphatic heterocycles. The number of sulfonamides is 1. The molecule has 0 radical (unpaired) electrons. The number of carbonyl (C=O) groups excluding carboxylic acids is 1. The first-order valence-electron chi connectivity index (χ1n) is 5.85. The van der Waals surface area contributed by atoms with Gasteiger partial charge in [-0.05, 0) is 24.1 Å². The summed E-state index contributed by atoms with van der Waals surface area (Å²) in [6, 6.07) is 6.67. The third-order valence-corrected chi connectivity index (χ3v) is 3.93. The lowest BCUT2D eigenvalue weighted by Gasteiger charge is -2.07. The molecular formula is C12H17ClN2O3S. The molecule has 2 N–H and O–H groups in total. The summed E-state index contributed by atoms with van der Waals surface area (Å²) in [5.74, 6) is -0.200. The molecule has 0 saturated heterocycles. The molecule has 0 heterocycles. The molecule has 0 bridgehead atoms. The zero-order valence-electron chi connectivity index (χ0n) is 10.6. The summed E-state index contributed by atoms with van der Waals surface area (Å²) in [4.78, 5) is 10.6. The van der Waals surface area contributed by atoms with Crippen LogP contribution in [-0.4, -0.2) is 27.4 Å². The van der Waals surface area contributed by atoms with Crippen molar-refractivity contribution >= 4 is 27.5 Å². The van der Waals surface area contributed by atoms with Gasteiger partial charge in [-0.2, -0.15) is 0 Å². The van der Waals surface area contributed by atoms with Gasteiger partial charge in [-0.25, -0.2) is 13.1 Å². The Bertz CT molecular complexity index is 514. The zero-order chi connectivity index (χ0) is 14.3. The summed E-state index contributed by atoms with van der Waals surface area (Å²) in [5.41, 5.74) is 0.679. The Morgan fingerprint density at radius 2 is 1.84 bits per heavy atom. The van der Waals surface area contributed by atoms with Crippen molar-refractivity contribution in [3.63, 3.8) is 0 Å². The van der Waals surface area contributed by atoms with Gasteiger partial charge in [0.15, 0.2) is 0 Å². The van der Waals surface area contributed by atoms with Crippen LogP contribution in [-0.2, 0) is 20.6 Å². The molecule has 0 aliphatic rings. The van der Waals surface area contributed by atoms with E-state index >= 15 is 0 Å². The van der Waals surface area contributed by atoms with Crippen molar-refractivity contribution in [2.75, 3.05) is 13.1 Å². The first-order valence-corrected chi connectivity index (χ1v) is 7.88. The van der Waals surface area contributed by atoms with Crippen molar-refractivity contribution in [3.05, 3.63) is 34.9 Å². The summed E-state index contributed by atoms with van der Waals surface area (Å²) < 4.78 is 26.0. The van der Waals surface area contributed by atoms with Gasteiger partial charge in [0.05, 0.1) is 5.75 Å². The van der Waals surface area contributed by atoms with Crippen LogP contribution in [0.1, 0.15) is 18.9 Å². The first-order chi connectivity index (χ1) is 8.89. The second kappa shape index (κ2) is 7.47. The molecule has 1 aromatic carbocycles. The first kappa shape index (κ1) is 15.9. The van der Waals surface area contributed by atoms with E-state index in [0.717, 1.165) is 0 Å². The molecule has 0 atom stereocenters. The Hall–Kier alpha value is -1.11. The Balaban J connectivity index is 2.35. The summed E-state index contributed by atoms with van der Waals surface area (Å²) >= 11 is 5.73. The van der Waals surface area contributed by atoms with E-state index in [9.17, 15) is 13.2 Å². The minimum Gasteiger partial charge on any atom is -0.356 e. The van der Waals surface area contributed by atoms with Gasteiger partial charge in [-0.3, -0.25) is 4.79 Å². The van der Waals surface area contributed by atoms with Gasteiger partial charge in [-0.15, -0.1) is 0 Å². The number of carbonyl (C=O) groups is 1. The molecular weight excluding hydrogens is 288 g/mol. The van der Waals surface area contributed by atoms with Crippen LogP contribution in [0, 0.1) is 0 Å². The number of amides is 1. The molecule has 1 aromatic rings. The van der Waals surface area contributed by atoms with Gasteiger partial charge in [0.25, 0.3) is 0 Å². The van der Waals surface area contributed by atoms with Crippen LogP contribution in [0.2, 0.25) is 5.02 Å². The van der Waals surface area contributed by atoms with E-state index in [-0.39, 0.29) is 11.7 Å². The molecule has 106 valence electrons. The third kappa shape index (κ3) is 7.15. The number of rotatable bonds is 7. The highest BCUT2D eigenvalue weighted by Crippen LogP contribution is 2.11. The highest BCUT2D eigenvalue weighted by atomic mass is 35.5. The Labute approximate surface area is 118 Å². The fourth-order valence-corrected chi connectivity index (χ4v) is 2.75. The predicted molar refractivity (Wildman–Crippen MR) is 75.4 cm³/mol. The highest BCUT2D eigenvalue weighted by Gasteiger charge is 2.10. The maximum absolute atomic E-state index is 11.8. The maximum atomic E-state index is 11.8. The lowest BCUT2D eigenvalue weighted by molar-refractivity contribution is -0.118. The van der Waals surface area contributed by atoms with E-state index in [1.807, 2.05) is 0 Å². The fraction of sp³-hybridized carbons (Fsp3) is 0.417. The molecule has 1 amide bonds. The van der Waals surface area contributed by atoms with Crippen molar-refractivity contribution in [3.8, 4) is 0 Å². The van der Waals surface area contributed by atoms with Gasteiger partial charge >= 0.3 is 0 Å². The largest absolute Gasteiger partial charge is 0.356 e. The van der Waals surface area contributed by atoms with E-state index in [4.69, 9.17) is 11.6 Å². The molecule has 0 aromatic heterocycles. The van der Waals surface area contributed by atoms with E-state index in [1.54, 1.807) is 24.3 Å². The highest BCUT2D eigenvalue weighted by molar-refractivity contribution is 7.88. The van der Waals surface area contributed by atoms with Crippen LogP contribution < -0.4 is 10.0 Å². The molecule has 0 saturated carbocycles. The summed E-state index contributed by atoms with van der Waals surface area (Å²) in [5, 5.41) is 3.17. The number of benzene rings is 1. The van der Waals surface area contributed by atoms with Crippen LogP contribution in [0.25, 0.3) is 0 Å². The van der Waals surface area contributed by atoms with E-state index < -0.39 is 10.0 Å². The third-order valence-electron chi connectivity index (χ3n) is 2.32. The van der Waals surface area contributed by atoms with Gasteiger partial charge in [0.1, 0.15) is 0 Å². The maximum Gasteiger partial charge on any atom is 0.216 e. The van der Waals surface area contributed by atoms with Gasteiger partial charge < -0.3 is 5.32 Å². The fourth-order valence-electron chi connectivity index (χ4n) is 1.43. The van der Waals surface area contributed by atoms with Crippen LogP contribution in [0.3, 0.4) is 0 Å². The van der Waals surface area contributed by atoms with E-state index in [0.29, 0.717) is 30.1 Å². The second-order valence-electron chi connectivity index (χ2n) is 4.12. The lowest BCUT2D eigenvalue weighted by Crippen LogP contribution is -2.29. The summed E-state index contributed by atoms with van der Waals surface area (Å²) in [7, 11) is -3.35. The molecule has 7 heteroatoms. The van der Waals surface area contributed by atoms with Crippen molar-refractivity contribution in [1.29, 1.82) is 0 Å². The topological polar surface area (TPSA) is 75.3 Å². The van der Waals surface area contributed by atoms with Crippen LogP contribution in [0.4, 0.5) is 0 Å². The smallest absolute Gasteiger partial charge is 0.216 e. The van der Waals surface area contributed by atoms with E-state index in [1.165, 1.54) is 6.92 Å². The molecule has 5 nitrogen and oxygen atoms in total. The summed E-state index contributed by atoms with van der Waals surface area (Å²) in [6.45, 7) is 2.18. The van der Waals surface area contributed by atoms with Crippen molar-refractivity contribution in [2.45, 2.75) is 19.1 Å². The molecule has 0 spiro atoms. The lowest BCUT2D eigenvalue weighted by atomic mass is 10.2. The second-order valence-corrected chi connectivity index (χ2v) is 6.36. The molecule has 1 rings (SSSR count). The quantitative estimate of drug-likeness (QED) is 0.745. The van der Waals surface area contributed by atoms with Crippen LogP contribution in [0.5, 0.6) is 0 Å². The predicted octanol–water partition coefficient (Wildman–Crippen LogP) is 1.29. The molecule has 0 fully saturated rings. The van der Waals surface area contributed by atoms with Crippen LogP contribution >= 0.6 is 11.6 Å². The van der Waals surface area contributed by atoms with Gasteiger partial charge in [0, 0.05) is 25.0 Å². The number of nitrogens with one attached hydrogen (secondary N) is 2. The standard InChI is InChI=1S/C12H17ClN2O3S/c1-10(16)14-7-2-8-15-19(17,18)9-11-3-5-12(13)6-4-11/h3-6,15H,2,7-9H2,1H3,(H,14,16). The SMILES string of the molecule is CC(=O)NCCCNS(=O)(=O)Cc1ccc(Cl)cc1. The van der Waals surface area contributed by atoms with Gasteiger partial charge in [-0.1, -0.05) is 23.7 Å². The normalized spacial score (nSPS) is 11.3. The van der Waals surface area contributed by atoms with Gasteiger partial charge in [0.2, 0.25) is 15.9 Å². The van der Waals surface area contributed by atoms with Crippen molar-refractivity contribution in [1.82, 2.24) is 10.0 Å². The molecule has 0 unspecified atom stereocenters. The minimum atomic E-state index is -3.35. The minimum absolute atomic E-state index is 0.0791. The van der Waals surface area contributed by atoms with E-state index in [2.05, 4.69) is 10.0 Å².